The Morgan fingerprint density at radius 2 is 1.29 bits per heavy atom. The number of carbonyl (C=O) groups is 1. The zero-order valence-corrected chi connectivity index (χ0v) is 14.7. The van der Waals surface area contributed by atoms with Crippen molar-refractivity contribution in [1.29, 1.82) is 0 Å². The Morgan fingerprint density at radius 1 is 0.750 bits per heavy atom. The Kier molecular flexibility index (Phi) is 11.5. The number of rotatable bonds is 14. The van der Waals surface area contributed by atoms with E-state index in [2.05, 4.69) is 5.32 Å². The van der Waals surface area contributed by atoms with Gasteiger partial charge < -0.3 is 25.7 Å². The molecule has 1 aliphatic heterocycles. The van der Waals surface area contributed by atoms with Gasteiger partial charge in [0.05, 0.1) is 24.9 Å². The van der Waals surface area contributed by atoms with Crippen LogP contribution < -0.4 is 5.32 Å². The first-order valence-electron chi connectivity index (χ1n) is 9.45. The van der Waals surface area contributed by atoms with Crippen molar-refractivity contribution in [3.8, 4) is 0 Å². The lowest BCUT2D eigenvalue weighted by Crippen LogP contribution is -2.36. The summed E-state index contributed by atoms with van der Waals surface area (Å²) in [6, 6.07) is -0.535. The second kappa shape index (κ2) is 12.8. The minimum absolute atomic E-state index is 0.0960. The summed E-state index contributed by atoms with van der Waals surface area (Å²) in [4.78, 5) is 11.4. The van der Waals surface area contributed by atoms with Gasteiger partial charge >= 0.3 is 0 Å². The molecule has 0 amide bonds. The summed E-state index contributed by atoms with van der Waals surface area (Å²) in [5.41, 5.74) is 0. The summed E-state index contributed by atoms with van der Waals surface area (Å²) in [6.45, 7) is -0.0595. The predicted molar refractivity (Wildman–Crippen MR) is 92.7 cm³/mol. The van der Waals surface area contributed by atoms with Crippen LogP contribution in [0.5, 0.6) is 0 Å². The van der Waals surface area contributed by atoms with Crippen LogP contribution in [0.3, 0.4) is 0 Å². The first kappa shape index (κ1) is 21.5. The molecule has 1 aliphatic rings. The maximum absolute atomic E-state index is 11.4. The van der Waals surface area contributed by atoms with E-state index < -0.39 is 18.2 Å². The van der Waals surface area contributed by atoms with E-state index in [1.807, 2.05) is 0 Å². The van der Waals surface area contributed by atoms with Crippen molar-refractivity contribution in [2.45, 2.75) is 94.9 Å². The first-order valence-corrected chi connectivity index (χ1v) is 9.45. The largest absolute Gasteiger partial charge is 0.396 e. The Morgan fingerprint density at radius 3 is 1.88 bits per heavy atom. The van der Waals surface area contributed by atoms with Crippen LogP contribution in [0, 0.1) is 0 Å². The van der Waals surface area contributed by atoms with E-state index in [0.29, 0.717) is 19.3 Å². The fraction of sp³-hybridized carbons (Fsp3) is 0.944. The quantitative estimate of drug-likeness (QED) is 0.234. The summed E-state index contributed by atoms with van der Waals surface area (Å²) in [5.74, 6) is 0.259. The van der Waals surface area contributed by atoms with Gasteiger partial charge in [0.15, 0.2) is 0 Å². The lowest BCUT2D eigenvalue weighted by atomic mass is 10.4. The molecule has 1 saturated heterocycles. The molecule has 24 heavy (non-hydrogen) atoms. The maximum atomic E-state index is 11.4. The summed E-state index contributed by atoms with van der Waals surface area (Å²) in [7, 11) is 0. The lowest BCUT2D eigenvalue weighted by molar-refractivity contribution is -0.119. The second-order valence-corrected chi connectivity index (χ2v) is 6.92. The van der Waals surface area contributed by atoms with Crippen LogP contribution in [-0.2, 0) is 4.79 Å². The van der Waals surface area contributed by atoms with Gasteiger partial charge in [-0.05, 0) is 19.3 Å². The van der Waals surface area contributed by atoms with E-state index in [9.17, 15) is 15.0 Å². The minimum atomic E-state index is -0.875. The predicted octanol–water partition coefficient (Wildman–Crippen LogP) is 0.893. The molecular formula is C18H35NO5. The van der Waals surface area contributed by atoms with Crippen LogP contribution >= 0.6 is 0 Å². The highest BCUT2D eigenvalue weighted by Crippen LogP contribution is 2.19. The zero-order valence-electron chi connectivity index (χ0n) is 14.7. The molecule has 5 N–H and O–H groups in total. The third kappa shape index (κ3) is 8.03. The number of aliphatic hydroxyl groups is 4. The topological polar surface area (TPSA) is 110 Å². The normalized spacial score (nSPS) is 26.8. The van der Waals surface area contributed by atoms with Gasteiger partial charge in [0.1, 0.15) is 5.78 Å². The number of nitrogens with one attached hydrogen (secondary N) is 1. The number of Topliss-reactive ketones (excluding diaryl/α,β-unsaturated/α-hetero) is 1. The van der Waals surface area contributed by atoms with Gasteiger partial charge in [-0.3, -0.25) is 4.79 Å². The van der Waals surface area contributed by atoms with Crippen LogP contribution in [0.4, 0.5) is 0 Å². The van der Waals surface area contributed by atoms with E-state index in [4.69, 9.17) is 10.2 Å². The molecule has 0 unspecified atom stereocenters. The van der Waals surface area contributed by atoms with E-state index in [-0.39, 0.29) is 25.0 Å². The molecule has 0 saturated carbocycles. The van der Waals surface area contributed by atoms with E-state index >= 15 is 0 Å². The number of hydrogen-bond acceptors (Lipinski definition) is 6. The number of unbranched alkanes of at least 4 members (excludes halogenated alkanes) is 6. The van der Waals surface area contributed by atoms with Crippen molar-refractivity contribution in [3.63, 3.8) is 0 Å². The molecule has 0 radical (unpaired) electrons. The molecule has 1 rings (SSSR count). The Bertz CT molecular complexity index is 339. The number of carbonyl (C=O) groups excluding carboxylic acids is 1. The van der Waals surface area contributed by atoms with Crippen LogP contribution in [0.2, 0.25) is 0 Å². The van der Waals surface area contributed by atoms with E-state index in [0.717, 1.165) is 51.4 Å². The third-order valence-corrected chi connectivity index (χ3v) is 4.88. The fourth-order valence-corrected chi connectivity index (χ4v) is 3.33. The molecule has 6 heteroatoms. The first-order chi connectivity index (χ1) is 11.6. The van der Waals surface area contributed by atoms with E-state index in [1.54, 1.807) is 0 Å². The van der Waals surface area contributed by atoms with Crippen LogP contribution in [0.15, 0.2) is 0 Å². The summed E-state index contributed by atoms with van der Waals surface area (Å²) < 4.78 is 0. The van der Waals surface area contributed by atoms with Crippen molar-refractivity contribution in [3.05, 3.63) is 0 Å². The minimum Gasteiger partial charge on any atom is -0.396 e. The fourth-order valence-electron chi connectivity index (χ4n) is 3.33. The highest BCUT2D eigenvalue weighted by Gasteiger charge is 2.39. The van der Waals surface area contributed by atoms with Crippen molar-refractivity contribution in [1.82, 2.24) is 5.32 Å². The Labute approximate surface area is 145 Å². The maximum Gasteiger partial charge on any atom is 0.132 e. The average molecular weight is 354 g/mol. The summed E-state index contributed by atoms with van der Waals surface area (Å²) in [6.07, 6.45) is 8.45. The monoisotopic (exact) mass is 354 g/mol. The van der Waals surface area contributed by atoms with Crippen molar-refractivity contribution < 1.29 is 25.2 Å². The number of hydrogen-bond donors (Lipinski definition) is 5. The number of ketones is 1. The molecule has 142 valence electrons. The standard InChI is InChI=1S/C18H35NO5/c20-12-8-10-14(22)9-6-4-2-1-3-5-7-11-15-17(23)18(24)16(13-21)19-15/h15-21,23-24H,1-13H2/t15-,16-,17-,18-/m1/s1/i1+1,4+1,5+1,9+1,10+1,11+1,12+1,13+1,17+1. The Hall–Kier alpha value is -0.530. The molecule has 1 fully saturated rings. The molecule has 4 atom stereocenters. The Balaban J connectivity index is 1.91. The SMILES string of the molecule is O=C([13CH2]C[13CH2]O)[13CH2]C[13CH2]C[13CH2]C[13CH2]C[13CH2][C@H]1N[C@H]([13CH2]O)[C@@H](O)[13C@@H]1O. The van der Waals surface area contributed by atoms with Gasteiger partial charge in [0.2, 0.25) is 0 Å². The summed E-state index contributed by atoms with van der Waals surface area (Å²) >= 11 is 0. The van der Waals surface area contributed by atoms with Gasteiger partial charge in [0, 0.05) is 25.5 Å². The molecule has 0 aliphatic carbocycles. The lowest BCUT2D eigenvalue weighted by Gasteiger charge is -2.15. The summed E-state index contributed by atoms with van der Waals surface area (Å²) in [5, 5.41) is 40.5. The highest BCUT2D eigenvalue weighted by atomic mass is 16.4. The smallest absolute Gasteiger partial charge is 0.132 e. The molecule has 6 nitrogen and oxygen atoms in total. The molecule has 0 bridgehead atoms. The molecule has 1 heterocycles. The van der Waals surface area contributed by atoms with Gasteiger partial charge in [0.25, 0.3) is 0 Å². The van der Waals surface area contributed by atoms with E-state index in [1.165, 1.54) is 0 Å². The third-order valence-electron chi connectivity index (χ3n) is 4.88. The average Bonchev–Trinajstić information content (AvgIpc) is 2.86. The molecule has 0 spiro atoms. The van der Waals surface area contributed by atoms with Crippen LogP contribution in [0.1, 0.15) is 70.6 Å². The van der Waals surface area contributed by atoms with Gasteiger partial charge in [-0.15, -0.1) is 0 Å². The van der Waals surface area contributed by atoms with Gasteiger partial charge in [-0.1, -0.05) is 38.5 Å². The highest BCUT2D eigenvalue weighted by molar-refractivity contribution is 5.78. The molecular weight excluding hydrogens is 319 g/mol. The van der Waals surface area contributed by atoms with Crippen LogP contribution in [0.25, 0.3) is 0 Å². The number of aliphatic hydroxyl groups excluding tert-OH is 4. The van der Waals surface area contributed by atoms with Crippen molar-refractivity contribution in [2.75, 3.05) is 13.2 Å². The zero-order chi connectivity index (χ0) is 17.8. The van der Waals surface area contributed by atoms with Gasteiger partial charge in [-0.2, -0.15) is 0 Å². The van der Waals surface area contributed by atoms with Crippen molar-refractivity contribution >= 4 is 5.78 Å². The van der Waals surface area contributed by atoms with Gasteiger partial charge in [-0.25, -0.2) is 0 Å². The molecule has 0 aromatic heterocycles. The molecule has 0 aromatic carbocycles. The molecule has 0 aromatic rings. The van der Waals surface area contributed by atoms with Crippen LogP contribution in [-0.4, -0.2) is 63.7 Å². The van der Waals surface area contributed by atoms with Crippen molar-refractivity contribution in [2.24, 2.45) is 0 Å². The second-order valence-electron chi connectivity index (χ2n) is 6.92.